The molecule has 1 N–H and O–H groups in total. The van der Waals surface area contributed by atoms with Crippen LogP contribution in [-0.4, -0.2) is 21.6 Å². The largest absolute Gasteiger partial charge is 0.391 e. The molecule has 4 rings (SSSR count). The van der Waals surface area contributed by atoms with E-state index in [4.69, 9.17) is 4.98 Å². The number of aromatic nitrogens is 2. The Kier molecular flexibility index (Phi) is 5.54. The van der Waals surface area contributed by atoms with Crippen LogP contribution in [0.2, 0.25) is 0 Å². The number of carbonyl (C=O) groups excluding carboxylic acids is 1. The molecule has 7 heteroatoms. The normalized spacial score (nSPS) is 20.8. The first-order chi connectivity index (χ1) is 14.3. The molecule has 1 aliphatic rings. The lowest BCUT2D eigenvalue weighted by Gasteiger charge is -2.31. The number of aryl methyl sites for hydroxylation is 1. The van der Waals surface area contributed by atoms with Gasteiger partial charge in [0, 0.05) is 13.0 Å². The standard InChI is InChI=1S/C23H24F3N3O/c1-29-19-13-6-5-12-18(19)27-21(29)20(15-8-3-2-4-9-15)28-22(30)16-10-7-11-17(14-16)23(24,25)26/h2-6,8-9,12-13,16-17,20H,7,10-11,14H2,1H3,(H,28,30). The van der Waals surface area contributed by atoms with Crippen LogP contribution >= 0.6 is 0 Å². The zero-order valence-electron chi connectivity index (χ0n) is 16.7. The Morgan fingerprint density at radius 2 is 1.80 bits per heavy atom. The van der Waals surface area contributed by atoms with Gasteiger partial charge in [-0.15, -0.1) is 0 Å². The molecule has 0 spiro atoms. The minimum Gasteiger partial charge on any atom is -0.342 e. The van der Waals surface area contributed by atoms with Crippen LogP contribution in [-0.2, 0) is 11.8 Å². The molecule has 30 heavy (non-hydrogen) atoms. The number of nitrogens with zero attached hydrogens (tertiary/aromatic N) is 2. The smallest absolute Gasteiger partial charge is 0.342 e. The Bertz CT molecular complexity index is 1030. The van der Waals surface area contributed by atoms with Gasteiger partial charge in [0.2, 0.25) is 5.91 Å². The third kappa shape index (κ3) is 4.06. The second-order valence-corrected chi connectivity index (χ2v) is 7.97. The van der Waals surface area contributed by atoms with Crippen LogP contribution in [0, 0.1) is 11.8 Å². The molecule has 1 saturated carbocycles. The lowest BCUT2D eigenvalue weighted by molar-refractivity contribution is -0.186. The lowest BCUT2D eigenvalue weighted by Crippen LogP contribution is -2.39. The summed E-state index contributed by atoms with van der Waals surface area (Å²) in [5.41, 5.74) is 2.57. The highest BCUT2D eigenvalue weighted by molar-refractivity contribution is 5.80. The molecule has 2 aromatic carbocycles. The van der Waals surface area contributed by atoms with Crippen molar-refractivity contribution in [3.63, 3.8) is 0 Å². The molecule has 3 aromatic rings. The first-order valence-electron chi connectivity index (χ1n) is 10.2. The molecule has 0 saturated heterocycles. The van der Waals surface area contributed by atoms with Crippen LogP contribution in [0.25, 0.3) is 11.0 Å². The molecule has 4 nitrogen and oxygen atoms in total. The number of imidazole rings is 1. The van der Waals surface area contributed by atoms with E-state index in [1.165, 1.54) is 0 Å². The second-order valence-electron chi connectivity index (χ2n) is 7.97. The highest BCUT2D eigenvalue weighted by Gasteiger charge is 2.43. The summed E-state index contributed by atoms with van der Waals surface area (Å²) < 4.78 is 41.5. The molecule has 0 bridgehead atoms. The van der Waals surface area contributed by atoms with Gasteiger partial charge in [0.15, 0.2) is 0 Å². The molecule has 3 unspecified atom stereocenters. The molecule has 1 aromatic heterocycles. The van der Waals surface area contributed by atoms with Crippen molar-refractivity contribution in [2.45, 2.75) is 37.9 Å². The van der Waals surface area contributed by atoms with Crippen LogP contribution in [0.4, 0.5) is 13.2 Å². The molecule has 1 amide bonds. The number of hydrogen-bond donors (Lipinski definition) is 1. The summed E-state index contributed by atoms with van der Waals surface area (Å²) >= 11 is 0. The van der Waals surface area contributed by atoms with E-state index < -0.39 is 24.1 Å². The number of alkyl halides is 3. The summed E-state index contributed by atoms with van der Waals surface area (Å²) in [6.45, 7) is 0. The van der Waals surface area contributed by atoms with Gasteiger partial charge in [0.25, 0.3) is 0 Å². The van der Waals surface area contributed by atoms with Crippen LogP contribution in [0.15, 0.2) is 54.6 Å². The zero-order valence-corrected chi connectivity index (χ0v) is 16.7. The van der Waals surface area contributed by atoms with E-state index in [2.05, 4.69) is 5.32 Å². The predicted octanol–water partition coefficient (Wildman–Crippen LogP) is 5.15. The quantitative estimate of drug-likeness (QED) is 0.641. The fourth-order valence-corrected chi connectivity index (χ4v) is 4.35. The first-order valence-corrected chi connectivity index (χ1v) is 10.2. The van der Waals surface area contributed by atoms with Crippen molar-refractivity contribution in [3.05, 3.63) is 66.0 Å². The fraction of sp³-hybridized carbons (Fsp3) is 0.391. The van der Waals surface area contributed by atoms with E-state index in [1.54, 1.807) is 0 Å². The number of benzene rings is 2. The minimum atomic E-state index is -4.25. The van der Waals surface area contributed by atoms with Crippen molar-refractivity contribution in [1.82, 2.24) is 14.9 Å². The number of para-hydroxylation sites is 2. The monoisotopic (exact) mass is 415 g/mol. The van der Waals surface area contributed by atoms with E-state index >= 15 is 0 Å². The maximum absolute atomic E-state index is 13.2. The maximum atomic E-state index is 13.2. The highest BCUT2D eigenvalue weighted by Crippen LogP contribution is 2.40. The average molecular weight is 415 g/mol. The molecular weight excluding hydrogens is 391 g/mol. The molecule has 1 fully saturated rings. The van der Waals surface area contributed by atoms with Crippen LogP contribution in [0.1, 0.15) is 43.1 Å². The molecular formula is C23H24F3N3O. The number of carbonyl (C=O) groups is 1. The van der Waals surface area contributed by atoms with Gasteiger partial charge < -0.3 is 9.88 Å². The van der Waals surface area contributed by atoms with E-state index in [9.17, 15) is 18.0 Å². The Labute approximate surface area is 173 Å². The van der Waals surface area contributed by atoms with Crippen molar-refractivity contribution in [2.75, 3.05) is 0 Å². The van der Waals surface area contributed by atoms with Gasteiger partial charge in [0.1, 0.15) is 11.9 Å². The number of fused-ring (bicyclic) bond motifs is 1. The molecule has 1 aliphatic carbocycles. The lowest BCUT2D eigenvalue weighted by atomic mass is 9.80. The molecule has 158 valence electrons. The number of hydrogen-bond acceptors (Lipinski definition) is 2. The summed E-state index contributed by atoms with van der Waals surface area (Å²) in [7, 11) is 1.88. The Morgan fingerprint density at radius 3 is 2.50 bits per heavy atom. The topological polar surface area (TPSA) is 46.9 Å². The second kappa shape index (κ2) is 8.13. The van der Waals surface area contributed by atoms with Gasteiger partial charge in [-0.2, -0.15) is 13.2 Å². The van der Waals surface area contributed by atoms with Crippen LogP contribution < -0.4 is 5.32 Å². The van der Waals surface area contributed by atoms with Gasteiger partial charge in [0.05, 0.1) is 17.0 Å². The maximum Gasteiger partial charge on any atom is 0.391 e. The Balaban J connectivity index is 1.64. The average Bonchev–Trinajstić information content (AvgIpc) is 3.08. The molecule has 0 aliphatic heterocycles. The van der Waals surface area contributed by atoms with Crippen LogP contribution in [0.3, 0.4) is 0 Å². The molecule has 0 radical (unpaired) electrons. The van der Waals surface area contributed by atoms with Gasteiger partial charge in [-0.1, -0.05) is 48.9 Å². The highest BCUT2D eigenvalue weighted by atomic mass is 19.4. The third-order valence-corrected chi connectivity index (χ3v) is 6.01. The van der Waals surface area contributed by atoms with Crippen molar-refractivity contribution in [3.8, 4) is 0 Å². The number of amides is 1. The summed E-state index contributed by atoms with van der Waals surface area (Å²) in [5.74, 6) is -1.75. The van der Waals surface area contributed by atoms with E-state index in [0.717, 1.165) is 16.6 Å². The number of halogens is 3. The van der Waals surface area contributed by atoms with Crippen molar-refractivity contribution >= 4 is 16.9 Å². The van der Waals surface area contributed by atoms with Gasteiger partial charge in [-0.3, -0.25) is 4.79 Å². The number of rotatable bonds is 4. The zero-order chi connectivity index (χ0) is 21.3. The van der Waals surface area contributed by atoms with E-state index in [-0.39, 0.29) is 18.7 Å². The van der Waals surface area contributed by atoms with Gasteiger partial charge in [-0.05, 0) is 37.0 Å². The predicted molar refractivity (Wildman–Crippen MR) is 109 cm³/mol. The van der Waals surface area contributed by atoms with E-state index in [0.29, 0.717) is 18.7 Å². The molecule has 1 heterocycles. The summed E-state index contributed by atoms with van der Waals surface area (Å²) in [6.07, 6.45) is -3.43. The summed E-state index contributed by atoms with van der Waals surface area (Å²) in [4.78, 5) is 17.7. The fourth-order valence-electron chi connectivity index (χ4n) is 4.35. The van der Waals surface area contributed by atoms with Crippen molar-refractivity contribution < 1.29 is 18.0 Å². The van der Waals surface area contributed by atoms with Crippen molar-refractivity contribution in [2.24, 2.45) is 18.9 Å². The Hall–Kier alpha value is -2.83. The van der Waals surface area contributed by atoms with Crippen molar-refractivity contribution in [1.29, 1.82) is 0 Å². The first kappa shape index (κ1) is 20.4. The van der Waals surface area contributed by atoms with E-state index in [1.807, 2.05) is 66.2 Å². The number of nitrogens with one attached hydrogen (secondary N) is 1. The molecule has 3 atom stereocenters. The SMILES string of the molecule is Cn1c(C(NC(=O)C2CCCC(C(F)(F)F)C2)c2ccccc2)nc2ccccc21. The minimum absolute atomic E-state index is 0.0974. The third-order valence-electron chi connectivity index (χ3n) is 6.01. The summed E-state index contributed by atoms with van der Waals surface area (Å²) in [6, 6.07) is 16.5. The Morgan fingerprint density at radius 1 is 1.10 bits per heavy atom. The van der Waals surface area contributed by atoms with Gasteiger partial charge >= 0.3 is 6.18 Å². The summed E-state index contributed by atoms with van der Waals surface area (Å²) in [5, 5.41) is 3.00. The van der Waals surface area contributed by atoms with Crippen LogP contribution in [0.5, 0.6) is 0 Å². The van der Waals surface area contributed by atoms with Gasteiger partial charge in [-0.25, -0.2) is 4.98 Å².